The largest absolute Gasteiger partial charge is 0.477 e. The number of aryl methyl sites for hydroxylation is 2. The number of amides is 4. The third-order valence-electron chi connectivity index (χ3n) is 8.90. The van der Waals surface area contributed by atoms with Crippen LogP contribution in [0.2, 0.25) is 0 Å². The number of aromatic carboxylic acids is 1. The zero-order valence-electron chi connectivity index (χ0n) is 33.8. The number of hydrogen-bond donors (Lipinski definition) is 7. The summed E-state index contributed by atoms with van der Waals surface area (Å²) in [6.45, 7) is 9.28. The molecule has 0 fully saturated rings. The third kappa shape index (κ3) is 11.3. The molecule has 19 heteroatoms. The molecule has 0 unspecified atom stereocenters. The predicted molar refractivity (Wildman–Crippen MR) is 226 cm³/mol. The smallest absolute Gasteiger partial charge is 0.407 e. The molecule has 0 saturated heterocycles. The Hall–Kier alpha value is -6.60. The molecule has 316 valence electrons. The number of benzene rings is 2. The van der Waals surface area contributed by atoms with Gasteiger partial charge >= 0.3 is 18.0 Å². The third-order valence-corrected chi connectivity index (χ3v) is 11.2. The van der Waals surface area contributed by atoms with Crippen LogP contribution in [0.3, 0.4) is 0 Å². The number of rotatable bonds is 14. The maximum atomic E-state index is 13.1. The van der Waals surface area contributed by atoms with Crippen LogP contribution in [-0.4, -0.2) is 86.6 Å². The fourth-order valence-corrected chi connectivity index (χ4v) is 8.01. The van der Waals surface area contributed by atoms with E-state index in [0.717, 1.165) is 55.6 Å². The molecule has 7 N–H and O–H groups in total. The average Bonchev–Trinajstić information content (AvgIpc) is 4.05. The van der Waals surface area contributed by atoms with Crippen LogP contribution in [0.5, 0.6) is 0 Å². The van der Waals surface area contributed by atoms with E-state index in [1.165, 1.54) is 7.11 Å². The molecule has 6 aromatic rings. The van der Waals surface area contributed by atoms with E-state index in [2.05, 4.69) is 41.7 Å². The minimum Gasteiger partial charge on any atom is -0.477 e. The SMILES string of the molecule is CCc1cc(C(=O)NCc2cccc3[nH]ncc23)sc1C(=O)N[C@@H](CNC(=O)OC(C)(C)C)C(=O)OC.CCc1cc(C(=O)NCc2cccc3[nH]ncc23)sc1C(=O)O. The number of alkyl carbamates (subject to hydrolysis) is 1. The van der Waals surface area contributed by atoms with Crippen molar-refractivity contribution in [2.45, 2.75) is 72.2 Å². The number of H-pyrrole nitrogens is 2. The molecule has 0 bridgehead atoms. The summed E-state index contributed by atoms with van der Waals surface area (Å²) in [7, 11) is 1.18. The van der Waals surface area contributed by atoms with Gasteiger partial charge in [-0.1, -0.05) is 38.1 Å². The fourth-order valence-electron chi connectivity index (χ4n) is 5.93. The summed E-state index contributed by atoms with van der Waals surface area (Å²) in [4.78, 5) is 74.9. The van der Waals surface area contributed by atoms with Crippen molar-refractivity contribution in [2.24, 2.45) is 0 Å². The van der Waals surface area contributed by atoms with Gasteiger partial charge in [-0.3, -0.25) is 24.6 Å². The van der Waals surface area contributed by atoms with Gasteiger partial charge in [-0.15, -0.1) is 22.7 Å². The van der Waals surface area contributed by atoms with E-state index < -0.39 is 35.6 Å². The lowest BCUT2D eigenvalue weighted by molar-refractivity contribution is -0.142. The Labute approximate surface area is 352 Å². The summed E-state index contributed by atoms with van der Waals surface area (Å²) < 4.78 is 9.94. The highest BCUT2D eigenvalue weighted by Crippen LogP contribution is 2.25. The molecule has 0 saturated carbocycles. The zero-order chi connectivity index (χ0) is 43.6. The van der Waals surface area contributed by atoms with E-state index in [1.807, 2.05) is 50.2 Å². The number of aromatic nitrogens is 4. The Kier molecular flexibility index (Phi) is 14.8. The fraction of sp³-hybridized carbons (Fsp3) is 0.317. The van der Waals surface area contributed by atoms with Gasteiger partial charge in [0, 0.05) is 23.9 Å². The molecule has 0 aliphatic heterocycles. The Balaban J connectivity index is 0.000000253. The molecule has 4 heterocycles. The lowest BCUT2D eigenvalue weighted by atomic mass is 10.1. The van der Waals surface area contributed by atoms with Crippen LogP contribution >= 0.6 is 22.7 Å². The van der Waals surface area contributed by atoms with Crippen LogP contribution in [0, 0.1) is 0 Å². The number of carboxylic acids is 1. The normalized spacial score (nSPS) is 11.6. The van der Waals surface area contributed by atoms with Gasteiger partial charge in [0.05, 0.1) is 51.7 Å². The molecular formula is C41H46N8O9S2. The molecule has 0 aliphatic rings. The standard InChI is InChI=1S/C25H31N5O6S.C16H15N3O3S/c1-6-14-10-19(21(31)26-11-15-8-7-9-17-16(15)12-28-30-17)37-20(14)22(32)29-18(23(33)35-5)13-27-24(34)36-25(2,3)4;1-2-9-6-13(23-14(9)16(21)22)15(20)17-7-10-4-3-5-12-11(10)8-18-19-12/h7-10,12,18H,6,11,13H2,1-5H3,(H,26,31)(H,27,34)(H,28,30)(H,29,32);3-6,8H,2,7H2,1H3,(H,17,20)(H,18,19)(H,21,22)/t18-;/m0./s1. The molecule has 2 aromatic carbocycles. The molecule has 1 atom stereocenters. The highest BCUT2D eigenvalue weighted by atomic mass is 32.1. The first kappa shape index (κ1) is 44.5. The second kappa shape index (κ2) is 19.9. The van der Waals surface area contributed by atoms with Crippen molar-refractivity contribution in [3.8, 4) is 0 Å². The number of hydrogen-bond acceptors (Lipinski definition) is 12. The van der Waals surface area contributed by atoms with Crippen LogP contribution in [0.4, 0.5) is 4.79 Å². The van der Waals surface area contributed by atoms with E-state index >= 15 is 0 Å². The Morgan fingerprint density at radius 2 is 1.23 bits per heavy atom. The number of carbonyl (C=O) groups is 6. The van der Waals surface area contributed by atoms with E-state index in [0.29, 0.717) is 45.1 Å². The minimum absolute atomic E-state index is 0.229. The van der Waals surface area contributed by atoms with Gasteiger partial charge in [-0.2, -0.15) is 10.2 Å². The highest BCUT2D eigenvalue weighted by Gasteiger charge is 2.27. The quantitative estimate of drug-likeness (QED) is 0.0652. The van der Waals surface area contributed by atoms with Crippen LogP contribution in [0.1, 0.15) is 95.6 Å². The maximum Gasteiger partial charge on any atom is 0.407 e. The van der Waals surface area contributed by atoms with Crippen molar-refractivity contribution in [1.29, 1.82) is 0 Å². The highest BCUT2D eigenvalue weighted by molar-refractivity contribution is 7.16. The number of methoxy groups -OCH3 is 1. The van der Waals surface area contributed by atoms with Crippen molar-refractivity contribution in [3.05, 3.63) is 103 Å². The molecule has 0 aliphatic carbocycles. The number of carbonyl (C=O) groups excluding carboxylic acids is 5. The van der Waals surface area contributed by atoms with Gasteiger partial charge in [0.15, 0.2) is 0 Å². The Morgan fingerprint density at radius 3 is 1.68 bits per heavy atom. The van der Waals surface area contributed by atoms with Crippen molar-refractivity contribution in [1.82, 2.24) is 41.7 Å². The summed E-state index contributed by atoms with van der Waals surface area (Å²) in [6, 6.07) is 13.6. The van der Waals surface area contributed by atoms with Crippen molar-refractivity contribution >= 4 is 80.2 Å². The van der Waals surface area contributed by atoms with E-state index in [4.69, 9.17) is 14.6 Å². The van der Waals surface area contributed by atoms with E-state index in [-0.39, 0.29) is 29.8 Å². The summed E-state index contributed by atoms with van der Waals surface area (Å²) in [5.74, 6) is -2.86. The van der Waals surface area contributed by atoms with Crippen LogP contribution < -0.4 is 21.3 Å². The number of aromatic amines is 2. The monoisotopic (exact) mass is 858 g/mol. The number of carboxylic acid groups (broad SMARTS) is 1. The average molecular weight is 859 g/mol. The molecular weight excluding hydrogens is 813 g/mol. The minimum atomic E-state index is -1.15. The van der Waals surface area contributed by atoms with E-state index in [9.17, 15) is 28.8 Å². The summed E-state index contributed by atoms with van der Waals surface area (Å²) in [6.07, 6.45) is 3.78. The van der Waals surface area contributed by atoms with Gasteiger partial charge in [0.25, 0.3) is 17.7 Å². The molecule has 17 nitrogen and oxygen atoms in total. The predicted octanol–water partition coefficient (Wildman–Crippen LogP) is 5.73. The van der Waals surface area contributed by atoms with Crippen LogP contribution in [-0.2, 0) is 40.2 Å². The molecule has 60 heavy (non-hydrogen) atoms. The number of esters is 1. The number of fused-ring (bicyclic) bond motifs is 2. The number of thiophene rings is 2. The van der Waals surface area contributed by atoms with Crippen molar-refractivity contribution in [2.75, 3.05) is 13.7 Å². The molecule has 0 spiro atoms. The van der Waals surface area contributed by atoms with Gasteiger partial charge in [-0.05, 0) is 80.1 Å². The van der Waals surface area contributed by atoms with Crippen LogP contribution in [0.15, 0.2) is 60.9 Å². The molecule has 6 rings (SSSR count). The number of ether oxygens (including phenoxy) is 2. The van der Waals surface area contributed by atoms with Crippen LogP contribution in [0.25, 0.3) is 21.8 Å². The van der Waals surface area contributed by atoms with Gasteiger partial charge in [0.2, 0.25) is 0 Å². The molecule has 4 amide bonds. The topological polar surface area (TPSA) is 247 Å². The Bertz CT molecular complexity index is 2510. The van der Waals surface area contributed by atoms with Gasteiger partial charge in [-0.25, -0.2) is 14.4 Å². The first-order valence-corrected chi connectivity index (χ1v) is 20.5. The Morgan fingerprint density at radius 1 is 0.733 bits per heavy atom. The molecule has 0 radical (unpaired) electrons. The van der Waals surface area contributed by atoms with Crippen molar-refractivity contribution in [3.63, 3.8) is 0 Å². The van der Waals surface area contributed by atoms with E-state index in [1.54, 1.807) is 45.3 Å². The van der Waals surface area contributed by atoms with Gasteiger partial charge < -0.3 is 35.8 Å². The summed E-state index contributed by atoms with van der Waals surface area (Å²) in [5.41, 5.74) is 4.27. The summed E-state index contributed by atoms with van der Waals surface area (Å²) in [5, 5.41) is 35.6. The zero-order valence-corrected chi connectivity index (χ0v) is 35.4. The van der Waals surface area contributed by atoms with Gasteiger partial charge in [0.1, 0.15) is 16.5 Å². The van der Waals surface area contributed by atoms with Crippen molar-refractivity contribution < 1.29 is 43.3 Å². The number of nitrogens with zero attached hydrogens (tertiary/aromatic N) is 2. The number of nitrogens with one attached hydrogen (secondary N) is 6. The molecule has 4 aromatic heterocycles. The second-order valence-electron chi connectivity index (χ2n) is 14.2. The second-order valence-corrected chi connectivity index (χ2v) is 16.3. The lowest BCUT2D eigenvalue weighted by Gasteiger charge is -2.21. The first-order chi connectivity index (χ1) is 28.6. The maximum absolute atomic E-state index is 13.1. The first-order valence-electron chi connectivity index (χ1n) is 18.8. The summed E-state index contributed by atoms with van der Waals surface area (Å²) >= 11 is 2.04. The lowest BCUT2D eigenvalue weighted by Crippen LogP contribution is -2.49.